The Hall–Kier alpha value is -3.61. The monoisotopic (exact) mass is 434 g/mol. The zero-order valence-electron chi connectivity index (χ0n) is 18.8. The molecule has 0 radical (unpaired) electrons. The fourth-order valence-corrected chi connectivity index (χ4v) is 3.09. The number of benzene rings is 2. The number of nitrogens with zero attached hydrogens (tertiary/aromatic N) is 2. The Balaban J connectivity index is 1.41. The van der Waals surface area contributed by atoms with Crippen LogP contribution in [0.1, 0.15) is 43.1 Å². The van der Waals surface area contributed by atoms with E-state index in [9.17, 15) is 9.59 Å². The molecular weight excluding hydrogens is 404 g/mol. The van der Waals surface area contributed by atoms with Gasteiger partial charge in [0.15, 0.2) is 0 Å². The molecule has 0 unspecified atom stereocenters. The average molecular weight is 435 g/mol. The molecule has 7 nitrogen and oxygen atoms in total. The van der Waals surface area contributed by atoms with E-state index >= 15 is 0 Å². The van der Waals surface area contributed by atoms with Gasteiger partial charge in [0.1, 0.15) is 12.4 Å². The molecule has 3 rings (SSSR count). The van der Waals surface area contributed by atoms with Gasteiger partial charge in [-0.2, -0.15) is 0 Å². The van der Waals surface area contributed by atoms with Gasteiger partial charge in [-0.3, -0.25) is 9.59 Å². The third-order valence-electron chi connectivity index (χ3n) is 4.95. The van der Waals surface area contributed by atoms with E-state index in [1.54, 1.807) is 24.7 Å². The van der Waals surface area contributed by atoms with Crippen molar-refractivity contribution in [3.05, 3.63) is 78.4 Å². The lowest BCUT2D eigenvalue weighted by atomic mass is 9.87. The van der Waals surface area contributed by atoms with E-state index in [4.69, 9.17) is 4.74 Å². The normalized spacial score (nSPS) is 11.1. The molecule has 0 saturated heterocycles. The van der Waals surface area contributed by atoms with Gasteiger partial charge in [-0.1, -0.05) is 39.0 Å². The molecule has 0 spiro atoms. The van der Waals surface area contributed by atoms with Crippen LogP contribution in [0.2, 0.25) is 0 Å². The summed E-state index contributed by atoms with van der Waals surface area (Å²) in [6.07, 6.45) is 5.51. The number of hydrogen-bond donors (Lipinski definition) is 2. The lowest BCUT2D eigenvalue weighted by molar-refractivity contribution is -0.116. The van der Waals surface area contributed by atoms with E-state index in [2.05, 4.69) is 36.4 Å². The number of anilines is 1. The summed E-state index contributed by atoms with van der Waals surface area (Å²) >= 11 is 0. The average Bonchev–Trinajstić information content (AvgIpc) is 3.27. The molecule has 0 aliphatic rings. The predicted molar refractivity (Wildman–Crippen MR) is 125 cm³/mol. The molecule has 2 aromatic carbocycles. The Morgan fingerprint density at radius 3 is 2.56 bits per heavy atom. The van der Waals surface area contributed by atoms with Crippen LogP contribution in [-0.4, -0.2) is 34.5 Å². The zero-order chi connectivity index (χ0) is 23.0. The Kier molecular flexibility index (Phi) is 7.65. The summed E-state index contributed by atoms with van der Waals surface area (Å²) in [6, 6.07) is 14.8. The van der Waals surface area contributed by atoms with Gasteiger partial charge in [0.25, 0.3) is 5.91 Å². The molecule has 1 heterocycles. The summed E-state index contributed by atoms with van der Waals surface area (Å²) in [5.74, 6) is 0.311. The molecule has 0 bridgehead atoms. The lowest BCUT2D eigenvalue weighted by Crippen LogP contribution is -2.27. The van der Waals surface area contributed by atoms with Gasteiger partial charge < -0.3 is 19.9 Å². The number of amides is 2. The molecule has 0 fully saturated rings. The van der Waals surface area contributed by atoms with Crippen molar-refractivity contribution < 1.29 is 14.3 Å². The van der Waals surface area contributed by atoms with Crippen LogP contribution in [0.25, 0.3) is 0 Å². The number of carbonyl (C=O) groups is 2. The first-order chi connectivity index (χ1) is 15.3. The van der Waals surface area contributed by atoms with Gasteiger partial charge in [-0.15, -0.1) is 0 Å². The van der Waals surface area contributed by atoms with E-state index in [0.717, 1.165) is 0 Å². The molecule has 0 aliphatic heterocycles. The topological polar surface area (TPSA) is 85.3 Å². The summed E-state index contributed by atoms with van der Waals surface area (Å²) in [6.45, 7) is 7.83. The van der Waals surface area contributed by atoms with Crippen LogP contribution in [0.5, 0.6) is 5.75 Å². The number of hydrogen-bond acceptors (Lipinski definition) is 4. The number of rotatable bonds is 9. The summed E-state index contributed by atoms with van der Waals surface area (Å²) in [4.78, 5) is 28.6. The summed E-state index contributed by atoms with van der Waals surface area (Å²) < 4.78 is 7.66. The molecule has 2 N–H and O–H groups in total. The second kappa shape index (κ2) is 10.6. The van der Waals surface area contributed by atoms with Gasteiger partial charge in [0.05, 0.1) is 12.9 Å². The molecule has 0 atom stereocenters. The summed E-state index contributed by atoms with van der Waals surface area (Å²) in [5.41, 5.74) is 2.44. The molecular formula is C25H30N4O3. The fourth-order valence-electron chi connectivity index (χ4n) is 3.09. The van der Waals surface area contributed by atoms with Gasteiger partial charge in [0, 0.05) is 42.7 Å². The maximum Gasteiger partial charge on any atom is 0.251 e. The van der Waals surface area contributed by atoms with Gasteiger partial charge >= 0.3 is 0 Å². The maximum atomic E-state index is 12.3. The number of aromatic nitrogens is 2. The van der Waals surface area contributed by atoms with Crippen molar-refractivity contribution in [1.29, 1.82) is 0 Å². The molecule has 3 aromatic rings. The second-order valence-electron chi connectivity index (χ2n) is 8.56. The number of imidazole rings is 1. The summed E-state index contributed by atoms with van der Waals surface area (Å²) in [5, 5.41) is 5.63. The molecule has 0 saturated carbocycles. The maximum absolute atomic E-state index is 12.3. The third kappa shape index (κ3) is 6.97. The minimum atomic E-state index is -0.188. The van der Waals surface area contributed by atoms with E-state index in [1.807, 2.05) is 47.2 Å². The molecule has 7 heteroatoms. The first-order valence-electron chi connectivity index (χ1n) is 10.7. The molecule has 168 valence electrons. The van der Waals surface area contributed by atoms with Crippen molar-refractivity contribution in [2.75, 3.05) is 18.5 Å². The Bertz CT molecular complexity index is 1020. The smallest absolute Gasteiger partial charge is 0.251 e. The van der Waals surface area contributed by atoms with Crippen molar-refractivity contribution in [2.24, 2.45) is 0 Å². The lowest BCUT2D eigenvalue weighted by Gasteiger charge is -2.19. The predicted octanol–water partition coefficient (Wildman–Crippen LogP) is 4.02. The zero-order valence-corrected chi connectivity index (χ0v) is 18.8. The minimum absolute atomic E-state index is 0.0372. The van der Waals surface area contributed by atoms with Crippen molar-refractivity contribution in [3.8, 4) is 5.75 Å². The highest BCUT2D eigenvalue weighted by Crippen LogP contribution is 2.22. The SMILES string of the molecule is CC(C)(C)c1ccc(C(=O)NCCC(=O)Nc2cccc(OCCn3ccnc3)c2)cc1. The minimum Gasteiger partial charge on any atom is -0.492 e. The molecule has 32 heavy (non-hydrogen) atoms. The van der Waals surface area contributed by atoms with Crippen molar-refractivity contribution >= 4 is 17.5 Å². The number of carbonyl (C=O) groups excluding carboxylic acids is 2. The van der Waals surface area contributed by atoms with Crippen molar-refractivity contribution in [3.63, 3.8) is 0 Å². The van der Waals surface area contributed by atoms with Crippen LogP contribution in [-0.2, 0) is 16.8 Å². The highest BCUT2D eigenvalue weighted by Gasteiger charge is 2.14. The van der Waals surface area contributed by atoms with Crippen molar-refractivity contribution in [1.82, 2.24) is 14.9 Å². The molecule has 1 aromatic heterocycles. The molecule has 2 amide bonds. The first kappa shape index (κ1) is 23.1. The van der Waals surface area contributed by atoms with Gasteiger partial charge in [-0.05, 0) is 35.2 Å². The number of nitrogens with one attached hydrogen (secondary N) is 2. The fraction of sp³-hybridized carbons (Fsp3) is 0.320. The second-order valence-corrected chi connectivity index (χ2v) is 8.56. The van der Waals surface area contributed by atoms with Crippen LogP contribution in [0.15, 0.2) is 67.3 Å². The quantitative estimate of drug-likeness (QED) is 0.533. The van der Waals surface area contributed by atoms with E-state index in [0.29, 0.717) is 30.2 Å². The van der Waals surface area contributed by atoms with Crippen molar-refractivity contribution in [2.45, 2.75) is 39.2 Å². The van der Waals surface area contributed by atoms with E-state index in [1.165, 1.54) is 5.56 Å². The van der Waals surface area contributed by atoms with Crippen LogP contribution in [0.4, 0.5) is 5.69 Å². The highest BCUT2D eigenvalue weighted by molar-refractivity contribution is 5.95. The Morgan fingerprint density at radius 1 is 1.09 bits per heavy atom. The van der Waals surface area contributed by atoms with Crippen LogP contribution in [0.3, 0.4) is 0 Å². The van der Waals surface area contributed by atoms with Gasteiger partial charge in [-0.25, -0.2) is 4.98 Å². The van der Waals surface area contributed by atoms with E-state index in [-0.39, 0.29) is 30.2 Å². The largest absolute Gasteiger partial charge is 0.492 e. The Labute approximate surface area is 188 Å². The van der Waals surface area contributed by atoms with E-state index < -0.39 is 0 Å². The Morgan fingerprint density at radius 2 is 1.88 bits per heavy atom. The molecule has 0 aliphatic carbocycles. The first-order valence-corrected chi connectivity index (χ1v) is 10.7. The standard InChI is InChI=1S/C25H30N4O3/c1-25(2,3)20-9-7-19(8-10-20)24(31)27-12-11-23(30)28-21-5-4-6-22(17-21)32-16-15-29-14-13-26-18-29/h4-10,13-14,17-18H,11-12,15-16H2,1-3H3,(H,27,31)(H,28,30). The van der Waals surface area contributed by atoms with Crippen LogP contribution in [0, 0.1) is 0 Å². The summed E-state index contributed by atoms with van der Waals surface area (Å²) in [7, 11) is 0. The number of ether oxygens (including phenoxy) is 1. The van der Waals surface area contributed by atoms with Crippen LogP contribution < -0.4 is 15.4 Å². The third-order valence-corrected chi connectivity index (χ3v) is 4.95. The van der Waals surface area contributed by atoms with Crippen LogP contribution >= 0.6 is 0 Å². The van der Waals surface area contributed by atoms with Gasteiger partial charge in [0.2, 0.25) is 5.91 Å². The highest BCUT2D eigenvalue weighted by atomic mass is 16.5.